The van der Waals surface area contributed by atoms with Crippen LogP contribution < -0.4 is 5.32 Å². The van der Waals surface area contributed by atoms with E-state index in [4.69, 9.17) is 9.47 Å². The highest BCUT2D eigenvalue weighted by molar-refractivity contribution is 5.67. The summed E-state index contributed by atoms with van der Waals surface area (Å²) in [6.07, 6.45) is 3.92. The first-order chi connectivity index (χ1) is 12.3. The monoisotopic (exact) mass is 342 g/mol. The van der Waals surface area contributed by atoms with Crippen molar-refractivity contribution in [3.05, 3.63) is 35.9 Å². The molecule has 2 unspecified atom stereocenters. The number of ether oxygens (including phenoxy) is 2. The first-order valence-electron chi connectivity index (χ1n) is 9.10. The summed E-state index contributed by atoms with van der Waals surface area (Å²) in [5.74, 6) is 6.45. The zero-order valence-corrected chi connectivity index (χ0v) is 14.6. The van der Waals surface area contributed by atoms with Gasteiger partial charge in [0.25, 0.3) is 0 Å². The Kier molecular flexibility index (Phi) is 6.72. The molecule has 0 saturated carbocycles. The van der Waals surface area contributed by atoms with Gasteiger partial charge in [-0.15, -0.1) is 0 Å². The molecule has 134 valence electrons. The zero-order valence-electron chi connectivity index (χ0n) is 14.6. The SMILES string of the molecule is O=C(NC1CCOC1)OCC1CCCCN1CC#Cc1ccccc1. The quantitative estimate of drug-likeness (QED) is 0.854. The fourth-order valence-corrected chi connectivity index (χ4v) is 3.25. The van der Waals surface area contributed by atoms with Crippen LogP contribution in [0.4, 0.5) is 4.79 Å². The number of alkyl carbamates (subject to hydrolysis) is 1. The average molecular weight is 342 g/mol. The molecule has 25 heavy (non-hydrogen) atoms. The molecule has 0 radical (unpaired) electrons. The Morgan fingerprint density at radius 3 is 2.96 bits per heavy atom. The minimum absolute atomic E-state index is 0.0895. The summed E-state index contributed by atoms with van der Waals surface area (Å²) in [4.78, 5) is 14.2. The number of nitrogens with zero attached hydrogens (tertiary/aromatic N) is 1. The predicted molar refractivity (Wildman–Crippen MR) is 96.2 cm³/mol. The van der Waals surface area contributed by atoms with Crippen LogP contribution in [0.25, 0.3) is 0 Å². The van der Waals surface area contributed by atoms with Crippen LogP contribution in [0.1, 0.15) is 31.2 Å². The minimum atomic E-state index is -0.337. The highest BCUT2D eigenvalue weighted by Crippen LogP contribution is 2.17. The van der Waals surface area contributed by atoms with Crippen LogP contribution in [0.2, 0.25) is 0 Å². The lowest BCUT2D eigenvalue weighted by Gasteiger charge is -2.33. The highest BCUT2D eigenvalue weighted by Gasteiger charge is 2.24. The lowest BCUT2D eigenvalue weighted by Crippen LogP contribution is -2.44. The molecule has 3 rings (SSSR count). The maximum Gasteiger partial charge on any atom is 0.407 e. The van der Waals surface area contributed by atoms with Crippen LogP contribution in [0.3, 0.4) is 0 Å². The van der Waals surface area contributed by atoms with Crippen LogP contribution in [-0.2, 0) is 9.47 Å². The van der Waals surface area contributed by atoms with Crippen molar-refractivity contribution in [3.63, 3.8) is 0 Å². The highest BCUT2D eigenvalue weighted by atomic mass is 16.6. The predicted octanol–water partition coefficient (Wildman–Crippen LogP) is 2.41. The molecule has 2 saturated heterocycles. The second-order valence-electron chi connectivity index (χ2n) is 6.59. The summed E-state index contributed by atoms with van der Waals surface area (Å²) in [7, 11) is 0. The molecule has 5 nitrogen and oxygen atoms in total. The standard InChI is InChI=1S/C20H26N2O3/c23-20(21-18-11-14-24-15-18)25-16-19-10-4-5-12-22(19)13-6-9-17-7-2-1-3-8-17/h1-3,7-8,18-19H,4-5,10-16H2,(H,21,23). The molecule has 5 heteroatoms. The molecular weight excluding hydrogens is 316 g/mol. The van der Waals surface area contributed by atoms with E-state index in [0.717, 1.165) is 24.9 Å². The maximum absolute atomic E-state index is 11.9. The second kappa shape index (κ2) is 9.45. The summed E-state index contributed by atoms with van der Waals surface area (Å²) in [5, 5.41) is 2.87. The smallest absolute Gasteiger partial charge is 0.407 e. The molecule has 2 heterocycles. The zero-order chi connectivity index (χ0) is 17.3. The molecule has 1 N–H and O–H groups in total. The molecule has 2 fully saturated rings. The van der Waals surface area contributed by atoms with Gasteiger partial charge in [0.1, 0.15) is 6.61 Å². The Balaban J connectivity index is 1.45. The molecule has 1 aromatic rings. The number of hydrogen-bond donors (Lipinski definition) is 1. The Morgan fingerprint density at radius 2 is 2.16 bits per heavy atom. The third kappa shape index (κ3) is 5.77. The average Bonchev–Trinajstić information content (AvgIpc) is 3.15. The van der Waals surface area contributed by atoms with Crippen molar-refractivity contribution in [2.45, 2.75) is 37.8 Å². The molecular formula is C20H26N2O3. The number of piperidine rings is 1. The first kappa shape index (κ1) is 17.8. The number of nitrogens with one attached hydrogen (secondary N) is 1. The van der Waals surface area contributed by atoms with Gasteiger partial charge in [0.05, 0.1) is 19.2 Å². The molecule has 0 aromatic heterocycles. The van der Waals surface area contributed by atoms with Gasteiger partial charge in [0.2, 0.25) is 0 Å². The number of carbonyl (C=O) groups is 1. The van der Waals surface area contributed by atoms with Crippen LogP contribution in [0, 0.1) is 11.8 Å². The van der Waals surface area contributed by atoms with Crippen molar-refractivity contribution in [2.24, 2.45) is 0 Å². The van der Waals surface area contributed by atoms with Gasteiger partial charge in [-0.3, -0.25) is 4.90 Å². The van der Waals surface area contributed by atoms with Crippen molar-refractivity contribution in [1.29, 1.82) is 0 Å². The molecule has 2 aliphatic heterocycles. The number of hydrogen-bond acceptors (Lipinski definition) is 4. The number of amides is 1. The van der Waals surface area contributed by atoms with E-state index in [1.165, 1.54) is 12.8 Å². The normalized spacial score (nSPS) is 23.5. The van der Waals surface area contributed by atoms with Crippen LogP contribution >= 0.6 is 0 Å². The van der Waals surface area contributed by atoms with E-state index in [9.17, 15) is 4.79 Å². The van der Waals surface area contributed by atoms with Crippen molar-refractivity contribution in [2.75, 3.05) is 32.9 Å². The Hall–Kier alpha value is -2.03. The largest absolute Gasteiger partial charge is 0.448 e. The Labute approximate surface area is 149 Å². The summed E-state index contributed by atoms with van der Waals surface area (Å²) >= 11 is 0. The molecule has 2 aliphatic rings. The van der Waals surface area contributed by atoms with Crippen LogP contribution in [0.5, 0.6) is 0 Å². The van der Waals surface area contributed by atoms with Crippen molar-refractivity contribution < 1.29 is 14.3 Å². The van der Waals surface area contributed by atoms with E-state index in [2.05, 4.69) is 22.1 Å². The third-order valence-corrected chi connectivity index (χ3v) is 4.70. The molecule has 2 atom stereocenters. The van der Waals surface area contributed by atoms with Crippen molar-refractivity contribution in [3.8, 4) is 11.8 Å². The molecule has 1 aromatic carbocycles. The van der Waals surface area contributed by atoms with Crippen molar-refractivity contribution >= 4 is 6.09 Å². The minimum Gasteiger partial charge on any atom is -0.448 e. The third-order valence-electron chi connectivity index (χ3n) is 4.70. The van der Waals surface area contributed by atoms with Gasteiger partial charge in [-0.2, -0.15) is 0 Å². The van der Waals surface area contributed by atoms with E-state index in [1.54, 1.807) is 0 Å². The molecule has 0 bridgehead atoms. The lowest BCUT2D eigenvalue weighted by molar-refractivity contribution is 0.0742. The van der Waals surface area contributed by atoms with Gasteiger partial charge in [-0.25, -0.2) is 4.79 Å². The number of benzene rings is 1. The molecule has 0 spiro atoms. The van der Waals surface area contributed by atoms with Crippen molar-refractivity contribution in [1.82, 2.24) is 10.2 Å². The Bertz CT molecular complexity index is 602. The number of likely N-dealkylation sites (tertiary alicyclic amines) is 1. The maximum atomic E-state index is 11.9. The fraction of sp³-hybridized carbons (Fsp3) is 0.550. The summed E-state index contributed by atoms with van der Waals surface area (Å²) < 4.78 is 10.7. The first-order valence-corrected chi connectivity index (χ1v) is 9.10. The van der Waals surface area contributed by atoms with E-state index < -0.39 is 0 Å². The van der Waals surface area contributed by atoms with E-state index in [0.29, 0.717) is 26.4 Å². The summed E-state index contributed by atoms with van der Waals surface area (Å²) in [6.45, 7) is 3.43. The lowest BCUT2D eigenvalue weighted by atomic mass is 10.0. The van der Waals surface area contributed by atoms with E-state index in [1.807, 2.05) is 30.3 Å². The fourth-order valence-electron chi connectivity index (χ4n) is 3.25. The number of rotatable bonds is 4. The topological polar surface area (TPSA) is 50.8 Å². The molecule has 0 aliphatic carbocycles. The summed E-state index contributed by atoms with van der Waals surface area (Å²) in [5.41, 5.74) is 1.03. The van der Waals surface area contributed by atoms with Crippen LogP contribution in [-0.4, -0.2) is 56.0 Å². The van der Waals surface area contributed by atoms with Gasteiger partial charge >= 0.3 is 6.09 Å². The van der Waals surface area contributed by atoms with Gasteiger partial charge in [0.15, 0.2) is 0 Å². The van der Waals surface area contributed by atoms with Gasteiger partial charge in [0, 0.05) is 18.2 Å². The van der Waals surface area contributed by atoms with Crippen LogP contribution in [0.15, 0.2) is 30.3 Å². The van der Waals surface area contributed by atoms with Gasteiger partial charge in [-0.05, 0) is 37.9 Å². The second-order valence-corrected chi connectivity index (χ2v) is 6.59. The molecule has 1 amide bonds. The van der Waals surface area contributed by atoms with Gasteiger partial charge in [-0.1, -0.05) is 36.5 Å². The summed E-state index contributed by atoms with van der Waals surface area (Å²) in [6, 6.07) is 10.4. The van der Waals surface area contributed by atoms with E-state index in [-0.39, 0.29) is 18.2 Å². The van der Waals surface area contributed by atoms with E-state index >= 15 is 0 Å². The Morgan fingerprint density at radius 1 is 1.28 bits per heavy atom. The number of carbonyl (C=O) groups excluding carboxylic acids is 1. The van der Waals surface area contributed by atoms with Gasteiger partial charge < -0.3 is 14.8 Å².